The van der Waals surface area contributed by atoms with Crippen molar-refractivity contribution in [3.8, 4) is 0 Å². The fourth-order valence-electron chi connectivity index (χ4n) is 1.72. The Morgan fingerprint density at radius 3 is 2.38 bits per heavy atom. The second-order valence-corrected chi connectivity index (χ2v) is 6.77. The highest BCUT2D eigenvalue weighted by Crippen LogP contribution is 2.15. The normalized spacial score (nSPS) is 11.6. The number of aromatic nitrogens is 2. The van der Waals surface area contributed by atoms with E-state index >= 15 is 0 Å². The van der Waals surface area contributed by atoms with E-state index in [0.717, 1.165) is 5.56 Å². The molecule has 0 amide bonds. The van der Waals surface area contributed by atoms with Crippen molar-refractivity contribution < 1.29 is 8.42 Å². The van der Waals surface area contributed by atoms with Crippen LogP contribution in [0.25, 0.3) is 0 Å². The van der Waals surface area contributed by atoms with Gasteiger partial charge in [0.25, 0.3) is 15.6 Å². The minimum atomic E-state index is -3.77. The molecule has 0 spiro atoms. The third kappa shape index (κ3) is 3.69. The van der Waals surface area contributed by atoms with Gasteiger partial charge in [-0.3, -0.25) is 9.78 Å². The zero-order valence-electron chi connectivity index (χ0n) is 12.0. The van der Waals surface area contributed by atoms with Crippen LogP contribution in [0.2, 0.25) is 0 Å². The van der Waals surface area contributed by atoms with E-state index in [1.165, 1.54) is 18.2 Å². The fourth-order valence-corrected chi connectivity index (χ4v) is 2.69. The molecular formula is C14H17N3O3S. The number of rotatable bonds is 4. The number of sulfonamides is 1. The molecule has 0 radical (unpaired) electrons. The minimum absolute atomic E-state index is 0.0231. The average molecular weight is 307 g/mol. The van der Waals surface area contributed by atoms with Crippen LogP contribution in [-0.4, -0.2) is 18.4 Å². The number of anilines is 1. The van der Waals surface area contributed by atoms with Gasteiger partial charge in [-0.05, 0) is 25.0 Å². The smallest absolute Gasteiger partial charge is 0.264 e. The van der Waals surface area contributed by atoms with Crippen molar-refractivity contribution in [2.24, 2.45) is 0 Å². The van der Waals surface area contributed by atoms with Crippen LogP contribution in [-0.2, 0) is 10.0 Å². The average Bonchev–Trinajstić information content (AvgIpc) is 2.37. The summed E-state index contributed by atoms with van der Waals surface area (Å²) in [5.41, 5.74) is 1.10. The van der Waals surface area contributed by atoms with Crippen molar-refractivity contribution in [3.63, 3.8) is 0 Å². The van der Waals surface area contributed by atoms with Gasteiger partial charge in [-0.25, -0.2) is 18.1 Å². The van der Waals surface area contributed by atoms with Gasteiger partial charge in [0.2, 0.25) is 5.95 Å². The van der Waals surface area contributed by atoms with Gasteiger partial charge in [-0.2, -0.15) is 0 Å². The first kappa shape index (κ1) is 15.2. The molecule has 21 heavy (non-hydrogen) atoms. The number of nitrogens with one attached hydrogen (secondary N) is 2. The van der Waals surface area contributed by atoms with E-state index in [9.17, 15) is 13.2 Å². The maximum atomic E-state index is 12.2. The molecule has 6 nitrogen and oxygen atoms in total. The molecule has 0 saturated heterocycles. The van der Waals surface area contributed by atoms with Crippen LogP contribution in [0.5, 0.6) is 0 Å². The van der Waals surface area contributed by atoms with Gasteiger partial charge < -0.3 is 0 Å². The van der Waals surface area contributed by atoms with Gasteiger partial charge in [-0.15, -0.1) is 0 Å². The zero-order chi connectivity index (χ0) is 15.6. The molecule has 0 fully saturated rings. The van der Waals surface area contributed by atoms with Crippen molar-refractivity contribution in [2.75, 3.05) is 4.72 Å². The Bertz CT molecular complexity index is 793. The summed E-state index contributed by atoms with van der Waals surface area (Å²) >= 11 is 0. The quantitative estimate of drug-likeness (QED) is 0.903. The maximum Gasteiger partial charge on any atom is 0.264 e. The predicted octanol–water partition coefficient (Wildman–Crippen LogP) is 2.00. The fraction of sp³-hybridized carbons (Fsp3) is 0.286. The molecule has 0 aliphatic carbocycles. The molecule has 1 aromatic carbocycles. The number of aromatic amines is 1. The molecular weight excluding hydrogens is 290 g/mol. The van der Waals surface area contributed by atoms with Crippen LogP contribution in [0.15, 0.2) is 40.0 Å². The third-order valence-electron chi connectivity index (χ3n) is 2.92. The van der Waals surface area contributed by atoms with Crippen molar-refractivity contribution in [1.29, 1.82) is 0 Å². The van der Waals surface area contributed by atoms with Crippen molar-refractivity contribution in [3.05, 3.63) is 51.9 Å². The van der Waals surface area contributed by atoms with Gasteiger partial charge in [0.15, 0.2) is 0 Å². The van der Waals surface area contributed by atoms with E-state index in [1.807, 2.05) is 20.8 Å². The summed E-state index contributed by atoms with van der Waals surface area (Å²) in [7, 11) is -3.77. The minimum Gasteiger partial charge on any atom is -0.292 e. The lowest BCUT2D eigenvalue weighted by Crippen LogP contribution is -2.19. The molecule has 1 heterocycles. The summed E-state index contributed by atoms with van der Waals surface area (Å²) in [6, 6.07) is 7.77. The number of hydrogen-bond acceptors (Lipinski definition) is 4. The second kappa shape index (κ2) is 5.69. The van der Waals surface area contributed by atoms with Gasteiger partial charge in [0.05, 0.1) is 10.6 Å². The Labute approximate surface area is 123 Å². The Morgan fingerprint density at radius 1 is 1.19 bits per heavy atom. The van der Waals surface area contributed by atoms with E-state index in [-0.39, 0.29) is 16.8 Å². The molecule has 0 atom stereocenters. The lowest BCUT2D eigenvalue weighted by atomic mass is 10.1. The van der Waals surface area contributed by atoms with Crippen LogP contribution in [0, 0.1) is 6.92 Å². The highest BCUT2D eigenvalue weighted by atomic mass is 32.2. The van der Waals surface area contributed by atoms with Crippen molar-refractivity contribution in [2.45, 2.75) is 31.6 Å². The summed E-state index contributed by atoms with van der Waals surface area (Å²) in [6.45, 7) is 5.62. The van der Waals surface area contributed by atoms with Gasteiger partial charge >= 0.3 is 0 Å². The summed E-state index contributed by atoms with van der Waals surface area (Å²) in [6.07, 6.45) is 0. The Kier molecular flexibility index (Phi) is 4.13. The van der Waals surface area contributed by atoms with E-state index < -0.39 is 15.6 Å². The number of hydrogen-bond donors (Lipinski definition) is 2. The molecule has 112 valence electrons. The van der Waals surface area contributed by atoms with E-state index in [0.29, 0.717) is 5.69 Å². The largest absolute Gasteiger partial charge is 0.292 e. The molecule has 2 rings (SSSR count). The lowest BCUT2D eigenvalue weighted by Gasteiger charge is -2.09. The van der Waals surface area contributed by atoms with Crippen LogP contribution in [0.3, 0.4) is 0 Å². The monoisotopic (exact) mass is 307 g/mol. The molecule has 7 heteroatoms. The standard InChI is InChI=1S/C14H17N3O3S/c1-9(2)12-8-13(18)16-14(15-12)17-21(19,20)11-6-4-10(3)5-7-11/h4-9H,1-3H3,(H2,15,16,17,18). The van der Waals surface area contributed by atoms with Crippen LogP contribution < -0.4 is 10.3 Å². The maximum absolute atomic E-state index is 12.2. The second-order valence-electron chi connectivity index (χ2n) is 5.09. The van der Waals surface area contributed by atoms with E-state index in [1.54, 1.807) is 12.1 Å². The Balaban J connectivity index is 2.37. The lowest BCUT2D eigenvalue weighted by molar-refractivity contribution is 0.600. The van der Waals surface area contributed by atoms with Gasteiger partial charge in [0.1, 0.15) is 0 Å². The first-order valence-electron chi connectivity index (χ1n) is 6.49. The number of nitrogens with zero attached hydrogens (tertiary/aromatic N) is 1. The van der Waals surface area contributed by atoms with Crippen molar-refractivity contribution in [1.82, 2.24) is 9.97 Å². The molecule has 0 unspecified atom stereocenters. The van der Waals surface area contributed by atoms with Gasteiger partial charge in [0, 0.05) is 6.07 Å². The summed E-state index contributed by atoms with van der Waals surface area (Å²) in [4.78, 5) is 18.2. The zero-order valence-corrected chi connectivity index (χ0v) is 12.9. The molecule has 0 aliphatic heterocycles. The van der Waals surface area contributed by atoms with Crippen molar-refractivity contribution >= 4 is 16.0 Å². The van der Waals surface area contributed by atoms with Crippen LogP contribution >= 0.6 is 0 Å². The summed E-state index contributed by atoms with van der Waals surface area (Å²) in [5, 5.41) is 0. The van der Waals surface area contributed by atoms with Crippen LogP contribution in [0.4, 0.5) is 5.95 Å². The summed E-state index contributed by atoms with van der Waals surface area (Å²) < 4.78 is 26.8. The Hall–Kier alpha value is -2.15. The summed E-state index contributed by atoms with van der Waals surface area (Å²) in [5.74, 6) is -0.0540. The van der Waals surface area contributed by atoms with E-state index in [2.05, 4.69) is 14.7 Å². The predicted molar refractivity (Wildman–Crippen MR) is 80.9 cm³/mol. The number of benzene rings is 1. The third-order valence-corrected chi connectivity index (χ3v) is 4.27. The van der Waals surface area contributed by atoms with Crippen LogP contribution in [0.1, 0.15) is 31.0 Å². The highest BCUT2D eigenvalue weighted by molar-refractivity contribution is 7.92. The topological polar surface area (TPSA) is 91.9 Å². The van der Waals surface area contributed by atoms with Gasteiger partial charge in [-0.1, -0.05) is 31.5 Å². The molecule has 2 aromatic rings. The molecule has 0 saturated carbocycles. The molecule has 2 N–H and O–H groups in total. The molecule has 1 aromatic heterocycles. The van der Waals surface area contributed by atoms with E-state index in [4.69, 9.17) is 0 Å². The first-order valence-corrected chi connectivity index (χ1v) is 7.97. The number of aryl methyl sites for hydroxylation is 1. The first-order chi connectivity index (χ1) is 9.78. The SMILES string of the molecule is Cc1ccc(S(=O)(=O)Nc2nc(C(C)C)cc(=O)[nH]2)cc1. The Morgan fingerprint density at radius 2 is 1.81 bits per heavy atom. The molecule has 0 bridgehead atoms. The highest BCUT2D eigenvalue weighted by Gasteiger charge is 2.16. The number of H-pyrrole nitrogens is 1. The molecule has 0 aliphatic rings.